The lowest BCUT2D eigenvalue weighted by Crippen LogP contribution is -2.13. The molecule has 3 aromatic rings. The lowest BCUT2D eigenvalue weighted by molar-refractivity contribution is 0.102. The molecule has 19 heavy (non-hydrogen) atoms. The van der Waals surface area contributed by atoms with Gasteiger partial charge in [0.05, 0.1) is 17.3 Å². The lowest BCUT2D eigenvalue weighted by Gasteiger charge is -2.05. The van der Waals surface area contributed by atoms with Gasteiger partial charge in [0.1, 0.15) is 5.82 Å². The van der Waals surface area contributed by atoms with Gasteiger partial charge < -0.3 is 5.32 Å². The molecule has 5 heteroatoms. The van der Waals surface area contributed by atoms with Gasteiger partial charge in [-0.3, -0.25) is 9.89 Å². The Morgan fingerprint density at radius 1 is 1.21 bits per heavy atom. The van der Waals surface area contributed by atoms with Gasteiger partial charge in [-0.15, -0.1) is 0 Å². The van der Waals surface area contributed by atoms with Gasteiger partial charge in [0.15, 0.2) is 0 Å². The fraction of sp³-hybridized carbons (Fsp3) is 0.0714. The summed E-state index contributed by atoms with van der Waals surface area (Å²) in [5.41, 5.74) is 2.33. The van der Waals surface area contributed by atoms with E-state index in [0.29, 0.717) is 11.4 Å². The Bertz CT molecular complexity index is 731. The van der Waals surface area contributed by atoms with Crippen molar-refractivity contribution in [3.63, 3.8) is 0 Å². The fourth-order valence-corrected chi connectivity index (χ4v) is 1.88. The summed E-state index contributed by atoms with van der Waals surface area (Å²) < 4.78 is 0. The SMILES string of the molecule is Cc1ccc(NC(=O)c2cccc3cn[nH]c23)nc1. The summed E-state index contributed by atoms with van der Waals surface area (Å²) in [6.07, 6.45) is 3.41. The molecule has 0 saturated carbocycles. The van der Waals surface area contributed by atoms with Gasteiger partial charge in [0.2, 0.25) is 0 Å². The fourth-order valence-electron chi connectivity index (χ4n) is 1.88. The molecule has 1 amide bonds. The minimum Gasteiger partial charge on any atom is -0.306 e. The third kappa shape index (κ3) is 2.18. The highest BCUT2D eigenvalue weighted by molar-refractivity contribution is 6.11. The van der Waals surface area contributed by atoms with Crippen LogP contribution < -0.4 is 5.32 Å². The quantitative estimate of drug-likeness (QED) is 0.736. The minimum absolute atomic E-state index is 0.203. The molecule has 0 radical (unpaired) electrons. The third-order valence-electron chi connectivity index (χ3n) is 2.87. The van der Waals surface area contributed by atoms with E-state index in [1.54, 1.807) is 24.5 Å². The number of carbonyl (C=O) groups excluding carboxylic acids is 1. The monoisotopic (exact) mass is 252 g/mol. The summed E-state index contributed by atoms with van der Waals surface area (Å²) in [6.45, 7) is 1.95. The van der Waals surface area contributed by atoms with Crippen LogP contribution in [0.1, 0.15) is 15.9 Å². The number of rotatable bonds is 2. The van der Waals surface area contributed by atoms with Gasteiger partial charge in [-0.1, -0.05) is 18.2 Å². The van der Waals surface area contributed by atoms with E-state index in [1.165, 1.54) is 0 Å². The molecule has 0 bridgehead atoms. The average molecular weight is 252 g/mol. The molecule has 94 valence electrons. The summed E-state index contributed by atoms with van der Waals surface area (Å²) in [4.78, 5) is 16.4. The number of anilines is 1. The van der Waals surface area contributed by atoms with Gasteiger partial charge >= 0.3 is 0 Å². The maximum atomic E-state index is 12.2. The first-order valence-electron chi connectivity index (χ1n) is 5.90. The third-order valence-corrected chi connectivity index (χ3v) is 2.87. The molecule has 0 spiro atoms. The first kappa shape index (κ1) is 11.4. The van der Waals surface area contributed by atoms with Gasteiger partial charge in [-0.25, -0.2) is 4.98 Å². The number of hydrogen-bond donors (Lipinski definition) is 2. The van der Waals surface area contributed by atoms with Crippen molar-refractivity contribution in [3.05, 3.63) is 53.9 Å². The number of H-pyrrole nitrogens is 1. The standard InChI is InChI=1S/C14H12N4O/c1-9-5-6-12(15-7-9)17-14(19)11-4-2-3-10-8-16-18-13(10)11/h2-8H,1H3,(H,16,18)(H,15,17,19). The Labute approximate surface area is 109 Å². The second kappa shape index (κ2) is 4.53. The zero-order valence-electron chi connectivity index (χ0n) is 10.3. The zero-order chi connectivity index (χ0) is 13.2. The summed E-state index contributed by atoms with van der Waals surface area (Å²) in [7, 11) is 0. The molecule has 0 aliphatic rings. The number of amides is 1. The van der Waals surface area contributed by atoms with Crippen molar-refractivity contribution in [2.75, 3.05) is 5.32 Å². The molecular weight excluding hydrogens is 240 g/mol. The predicted molar refractivity (Wildman–Crippen MR) is 73.0 cm³/mol. The Kier molecular flexibility index (Phi) is 2.72. The molecule has 0 unspecified atom stereocenters. The van der Waals surface area contributed by atoms with Crippen molar-refractivity contribution >= 4 is 22.6 Å². The highest BCUT2D eigenvalue weighted by Crippen LogP contribution is 2.16. The van der Waals surface area contributed by atoms with Crippen molar-refractivity contribution in [1.82, 2.24) is 15.2 Å². The van der Waals surface area contributed by atoms with E-state index in [0.717, 1.165) is 16.5 Å². The summed E-state index contributed by atoms with van der Waals surface area (Å²) in [5, 5.41) is 10.5. The van der Waals surface area contributed by atoms with E-state index in [1.807, 2.05) is 25.1 Å². The Balaban J connectivity index is 1.92. The molecule has 1 aromatic carbocycles. The van der Waals surface area contributed by atoms with Crippen molar-refractivity contribution in [2.24, 2.45) is 0 Å². The van der Waals surface area contributed by atoms with Crippen LogP contribution in [0.2, 0.25) is 0 Å². The van der Waals surface area contributed by atoms with E-state index < -0.39 is 0 Å². The number of aryl methyl sites for hydroxylation is 1. The van der Waals surface area contributed by atoms with Crippen LogP contribution >= 0.6 is 0 Å². The van der Waals surface area contributed by atoms with Gasteiger partial charge in [-0.05, 0) is 24.6 Å². The Morgan fingerprint density at radius 2 is 2.11 bits per heavy atom. The van der Waals surface area contributed by atoms with Crippen LogP contribution in [0.3, 0.4) is 0 Å². The first-order valence-corrected chi connectivity index (χ1v) is 5.90. The average Bonchev–Trinajstić information content (AvgIpc) is 2.89. The van der Waals surface area contributed by atoms with E-state index in [9.17, 15) is 4.79 Å². The van der Waals surface area contributed by atoms with Crippen LogP contribution in [0.25, 0.3) is 10.9 Å². The Morgan fingerprint density at radius 3 is 2.89 bits per heavy atom. The number of nitrogens with one attached hydrogen (secondary N) is 2. The summed E-state index contributed by atoms with van der Waals surface area (Å²) >= 11 is 0. The molecule has 3 rings (SSSR count). The number of pyridine rings is 1. The van der Waals surface area contributed by atoms with Gasteiger partial charge in [-0.2, -0.15) is 5.10 Å². The molecule has 5 nitrogen and oxygen atoms in total. The molecule has 2 heterocycles. The van der Waals surface area contributed by atoms with E-state index in [-0.39, 0.29) is 5.91 Å². The van der Waals surface area contributed by atoms with Gasteiger partial charge in [0, 0.05) is 11.6 Å². The predicted octanol–water partition coefficient (Wildman–Crippen LogP) is 2.52. The van der Waals surface area contributed by atoms with Gasteiger partial charge in [0.25, 0.3) is 5.91 Å². The lowest BCUT2D eigenvalue weighted by atomic mass is 10.1. The van der Waals surface area contributed by atoms with Crippen molar-refractivity contribution in [2.45, 2.75) is 6.92 Å². The molecule has 0 saturated heterocycles. The van der Waals surface area contributed by atoms with E-state index >= 15 is 0 Å². The second-order valence-corrected chi connectivity index (χ2v) is 4.31. The van der Waals surface area contributed by atoms with Crippen LogP contribution in [-0.2, 0) is 0 Å². The Hall–Kier alpha value is -2.69. The number of hydrogen-bond acceptors (Lipinski definition) is 3. The largest absolute Gasteiger partial charge is 0.306 e. The highest BCUT2D eigenvalue weighted by Gasteiger charge is 2.11. The van der Waals surface area contributed by atoms with Crippen molar-refractivity contribution in [3.8, 4) is 0 Å². The topological polar surface area (TPSA) is 70.7 Å². The highest BCUT2D eigenvalue weighted by atomic mass is 16.1. The molecule has 0 aliphatic carbocycles. The smallest absolute Gasteiger partial charge is 0.259 e. The number of para-hydroxylation sites is 1. The first-order chi connectivity index (χ1) is 9.24. The maximum absolute atomic E-state index is 12.2. The van der Waals surface area contributed by atoms with Crippen LogP contribution in [-0.4, -0.2) is 21.1 Å². The molecular formula is C14H12N4O. The molecule has 2 N–H and O–H groups in total. The molecule has 0 fully saturated rings. The summed E-state index contributed by atoms with van der Waals surface area (Å²) in [6, 6.07) is 9.17. The van der Waals surface area contributed by atoms with Crippen LogP contribution in [0.15, 0.2) is 42.7 Å². The van der Waals surface area contributed by atoms with E-state index in [2.05, 4.69) is 20.5 Å². The summed E-state index contributed by atoms with van der Waals surface area (Å²) in [5.74, 6) is 0.332. The van der Waals surface area contributed by atoms with Crippen LogP contribution in [0.4, 0.5) is 5.82 Å². The van der Waals surface area contributed by atoms with Crippen LogP contribution in [0.5, 0.6) is 0 Å². The maximum Gasteiger partial charge on any atom is 0.259 e. The molecule has 2 aromatic heterocycles. The number of carbonyl (C=O) groups is 1. The number of nitrogens with zero attached hydrogens (tertiary/aromatic N) is 2. The zero-order valence-corrected chi connectivity index (χ0v) is 10.3. The van der Waals surface area contributed by atoms with E-state index in [4.69, 9.17) is 0 Å². The number of aromatic nitrogens is 3. The number of benzene rings is 1. The van der Waals surface area contributed by atoms with Crippen molar-refractivity contribution in [1.29, 1.82) is 0 Å². The molecule has 0 aliphatic heterocycles. The van der Waals surface area contributed by atoms with Crippen LogP contribution in [0, 0.1) is 6.92 Å². The number of fused-ring (bicyclic) bond motifs is 1. The van der Waals surface area contributed by atoms with Crippen molar-refractivity contribution < 1.29 is 4.79 Å². The molecule has 0 atom stereocenters. The normalized spacial score (nSPS) is 10.6. The second-order valence-electron chi connectivity index (χ2n) is 4.31. The minimum atomic E-state index is -0.203. The number of aromatic amines is 1.